The van der Waals surface area contributed by atoms with Crippen LogP contribution >= 0.6 is 11.6 Å². The van der Waals surface area contributed by atoms with Gasteiger partial charge in [-0.25, -0.2) is 0 Å². The van der Waals surface area contributed by atoms with Gasteiger partial charge in [-0.1, -0.05) is 42.0 Å². The third-order valence-electron chi connectivity index (χ3n) is 5.18. The van der Waals surface area contributed by atoms with Crippen LogP contribution in [-0.4, -0.2) is 11.5 Å². The molecule has 0 fully saturated rings. The molecule has 0 saturated heterocycles. The van der Waals surface area contributed by atoms with Crippen LogP contribution in [-0.2, 0) is 0 Å². The maximum absolute atomic E-state index is 11.3. The molecule has 1 aliphatic heterocycles. The summed E-state index contributed by atoms with van der Waals surface area (Å²) in [5.41, 5.74) is 3.01. The predicted octanol–water partition coefficient (Wildman–Crippen LogP) is 5.47. The van der Waals surface area contributed by atoms with Gasteiger partial charge in [-0.2, -0.15) is 0 Å². The van der Waals surface area contributed by atoms with Gasteiger partial charge in [0.25, 0.3) is 5.69 Å². The number of halogens is 1. The van der Waals surface area contributed by atoms with Crippen LogP contribution in [0.4, 0.5) is 11.4 Å². The van der Waals surface area contributed by atoms with Crippen molar-refractivity contribution in [1.82, 2.24) is 0 Å². The molecule has 1 N–H and O–H groups in total. The monoisotopic (exact) mass is 370 g/mol. The van der Waals surface area contributed by atoms with Crippen LogP contribution in [0, 0.1) is 16.0 Å². The van der Waals surface area contributed by atoms with Crippen LogP contribution in [0.15, 0.2) is 48.6 Å². The summed E-state index contributed by atoms with van der Waals surface area (Å²) in [6.45, 7) is 2.54. The number of nitro groups is 1. The fraction of sp³-hybridized carbons (Fsp3) is 0.300. The molecule has 1 aliphatic carbocycles. The second-order valence-electron chi connectivity index (χ2n) is 6.60. The highest BCUT2D eigenvalue weighted by molar-refractivity contribution is 6.32. The first-order valence-electron chi connectivity index (χ1n) is 8.73. The number of hydrogen-bond donors (Lipinski definition) is 1. The highest BCUT2D eigenvalue weighted by Crippen LogP contribution is 2.52. The molecule has 6 heteroatoms. The first kappa shape index (κ1) is 16.9. The average Bonchev–Trinajstić information content (AvgIpc) is 3.12. The van der Waals surface area contributed by atoms with Gasteiger partial charge in [0.05, 0.1) is 23.3 Å². The highest BCUT2D eigenvalue weighted by Gasteiger charge is 2.39. The zero-order valence-corrected chi connectivity index (χ0v) is 15.1. The lowest BCUT2D eigenvalue weighted by atomic mass is 9.77. The first-order chi connectivity index (χ1) is 12.6. The summed E-state index contributed by atoms with van der Waals surface area (Å²) in [6, 6.07) is 11.1. The molecule has 0 unspecified atom stereocenters. The minimum absolute atomic E-state index is 0.0416. The van der Waals surface area contributed by atoms with Crippen molar-refractivity contribution in [3.8, 4) is 5.75 Å². The standard InChI is InChI=1S/C20H19ClN2O3/c1-2-26-18-8-4-7-15-13-5-3-6-14(13)19(22-20(15)18)12-9-10-16(21)17(11-12)23(24)25/h3-5,7-11,13-14,19,22H,2,6H2,1H3/t13-,14+,19-/m1/s1. The molecule has 26 heavy (non-hydrogen) atoms. The van der Waals surface area contributed by atoms with Gasteiger partial charge in [0.2, 0.25) is 0 Å². The third-order valence-corrected chi connectivity index (χ3v) is 5.50. The lowest BCUT2D eigenvalue weighted by Crippen LogP contribution is -2.29. The molecule has 5 nitrogen and oxygen atoms in total. The zero-order chi connectivity index (χ0) is 18.3. The van der Waals surface area contributed by atoms with Crippen LogP contribution in [0.1, 0.15) is 36.4 Å². The number of rotatable bonds is 4. The number of hydrogen-bond acceptors (Lipinski definition) is 4. The van der Waals surface area contributed by atoms with Gasteiger partial charge in [-0.15, -0.1) is 0 Å². The summed E-state index contributed by atoms with van der Waals surface area (Å²) in [6.07, 6.45) is 5.35. The van der Waals surface area contributed by atoms with Gasteiger partial charge in [0, 0.05) is 12.0 Å². The van der Waals surface area contributed by atoms with Crippen molar-refractivity contribution in [2.75, 3.05) is 11.9 Å². The molecule has 0 radical (unpaired) electrons. The molecule has 0 saturated carbocycles. The van der Waals surface area contributed by atoms with Crippen molar-refractivity contribution in [1.29, 1.82) is 0 Å². The molecule has 1 heterocycles. The van der Waals surface area contributed by atoms with Crippen molar-refractivity contribution in [2.45, 2.75) is 25.3 Å². The van der Waals surface area contributed by atoms with E-state index in [1.807, 2.05) is 25.1 Å². The SMILES string of the molecule is CCOc1cccc2c1N[C@H](c1ccc(Cl)c([N+](=O)[O-])c1)[C@H]1CC=C[C@@H]21. The highest BCUT2D eigenvalue weighted by atomic mass is 35.5. The minimum Gasteiger partial charge on any atom is -0.492 e. The van der Waals surface area contributed by atoms with E-state index in [-0.39, 0.29) is 22.7 Å². The topological polar surface area (TPSA) is 64.4 Å². The van der Waals surface area contributed by atoms with Gasteiger partial charge < -0.3 is 10.1 Å². The van der Waals surface area contributed by atoms with E-state index in [1.54, 1.807) is 12.1 Å². The van der Waals surface area contributed by atoms with Crippen LogP contribution in [0.25, 0.3) is 0 Å². The van der Waals surface area contributed by atoms with Gasteiger partial charge in [-0.05, 0) is 42.5 Å². The maximum atomic E-state index is 11.3. The van der Waals surface area contributed by atoms with Crippen molar-refractivity contribution in [3.05, 3.63) is 74.8 Å². The van der Waals surface area contributed by atoms with E-state index in [4.69, 9.17) is 16.3 Å². The quantitative estimate of drug-likeness (QED) is 0.440. The zero-order valence-electron chi connectivity index (χ0n) is 14.3. The van der Waals surface area contributed by atoms with Crippen LogP contribution < -0.4 is 10.1 Å². The van der Waals surface area contributed by atoms with Crippen LogP contribution in [0.5, 0.6) is 5.75 Å². The fourth-order valence-electron chi connectivity index (χ4n) is 4.06. The molecule has 3 atom stereocenters. The number of fused-ring (bicyclic) bond motifs is 3. The number of nitro benzene ring substituents is 1. The van der Waals surface area contributed by atoms with Crippen molar-refractivity contribution >= 4 is 23.0 Å². The maximum Gasteiger partial charge on any atom is 0.288 e. The van der Waals surface area contributed by atoms with Gasteiger partial charge in [0.1, 0.15) is 10.8 Å². The van der Waals surface area contributed by atoms with E-state index >= 15 is 0 Å². The summed E-state index contributed by atoms with van der Waals surface area (Å²) >= 11 is 5.99. The lowest BCUT2D eigenvalue weighted by Gasteiger charge is -2.38. The molecule has 2 aromatic carbocycles. The van der Waals surface area contributed by atoms with Gasteiger partial charge in [0.15, 0.2) is 0 Å². The lowest BCUT2D eigenvalue weighted by molar-refractivity contribution is -0.384. The Hall–Kier alpha value is -2.53. The fourth-order valence-corrected chi connectivity index (χ4v) is 4.25. The van der Waals surface area contributed by atoms with E-state index in [1.165, 1.54) is 5.56 Å². The van der Waals surface area contributed by atoms with Crippen LogP contribution in [0.3, 0.4) is 0 Å². The Balaban J connectivity index is 1.80. The number of nitrogens with zero attached hydrogens (tertiary/aromatic N) is 1. The van der Waals surface area contributed by atoms with E-state index in [9.17, 15) is 10.1 Å². The number of benzene rings is 2. The summed E-state index contributed by atoms with van der Waals surface area (Å²) in [5.74, 6) is 1.39. The first-order valence-corrected chi connectivity index (χ1v) is 9.10. The molecule has 2 aromatic rings. The molecule has 0 amide bonds. The van der Waals surface area contributed by atoms with E-state index in [0.29, 0.717) is 12.5 Å². The van der Waals surface area contributed by atoms with Crippen molar-refractivity contribution in [2.24, 2.45) is 5.92 Å². The number of para-hydroxylation sites is 1. The van der Waals surface area contributed by atoms with Crippen molar-refractivity contribution in [3.63, 3.8) is 0 Å². The molecular weight excluding hydrogens is 352 g/mol. The number of ether oxygens (including phenoxy) is 1. The number of anilines is 1. The second kappa shape index (κ2) is 6.65. The molecule has 4 rings (SSSR count). The summed E-state index contributed by atoms with van der Waals surface area (Å²) in [4.78, 5) is 10.9. The summed E-state index contributed by atoms with van der Waals surface area (Å²) in [7, 11) is 0. The normalized spacial score (nSPS) is 23.1. The molecule has 0 spiro atoms. The van der Waals surface area contributed by atoms with E-state index < -0.39 is 4.92 Å². The number of nitrogens with one attached hydrogen (secondary N) is 1. The Bertz CT molecular complexity index is 897. The molecule has 2 aliphatic rings. The van der Waals surface area contributed by atoms with Gasteiger partial charge in [-0.3, -0.25) is 10.1 Å². The van der Waals surface area contributed by atoms with Crippen LogP contribution in [0.2, 0.25) is 5.02 Å². The molecule has 0 bridgehead atoms. The Morgan fingerprint density at radius 1 is 1.35 bits per heavy atom. The smallest absolute Gasteiger partial charge is 0.288 e. The Morgan fingerprint density at radius 2 is 2.19 bits per heavy atom. The van der Waals surface area contributed by atoms with Gasteiger partial charge >= 0.3 is 0 Å². The minimum atomic E-state index is -0.432. The molecular formula is C20H19ClN2O3. The third kappa shape index (κ3) is 2.72. The number of allylic oxidation sites excluding steroid dienone is 2. The second-order valence-corrected chi connectivity index (χ2v) is 7.00. The molecule has 0 aromatic heterocycles. The Labute approximate surface area is 156 Å². The summed E-state index contributed by atoms with van der Waals surface area (Å²) in [5, 5.41) is 15.0. The van der Waals surface area contributed by atoms with E-state index in [2.05, 4.69) is 23.5 Å². The van der Waals surface area contributed by atoms with E-state index in [0.717, 1.165) is 23.4 Å². The van der Waals surface area contributed by atoms with Crippen molar-refractivity contribution < 1.29 is 9.66 Å². The molecule has 134 valence electrons. The Kier molecular flexibility index (Phi) is 4.32. The predicted molar refractivity (Wildman–Crippen MR) is 102 cm³/mol. The largest absolute Gasteiger partial charge is 0.492 e. The average molecular weight is 371 g/mol. The Morgan fingerprint density at radius 3 is 2.96 bits per heavy atom. The summed E-state index contributed by atoms with van der Waals surface area (Å²) < 4.78 is 5.80.